The zero-order chi connectivity index (χ0) is 14.7. The molecule has 4 heteroatoms. The van der Waals surface area contributed by atoms with Crippen LogP contribution in [0.3, 0.4) is 0 Å². The first-order valence-corrected chi connectivity index (χ1v) is 6.78. The first kappa shape index (κ1) is 13.4. The van der Waals surface area contributed by atoms with Crippen LogP contribution in [0.1, 0.15) is 5.56 Å². The SMILES string of the molecule is Oc1ccc2ccnc(NCCc3ccc(F)cc3)c2c1. The van der Waals surface area contributed by atoms with E-state index in [4.69, 9.17) is 0 Å². The Labute approximate surface area is 122 Å². The van der Waals surface area contributed by atoms with Crippen LogP contribution in [0.15, 0.2) is 54.7 Å². The summed E-state index contributed by atoms with van der Waals surface area (Å²) in [6.45, 7) is 0.688. The number of aromatic hydroxyl groups is 1. The zero-order valence-electron chi connectivity index (χ0n) is 11.4. The van der Waals surface area contributed by atoms with E-state index in [2.05, 4.69) is 10.3 Å². The third kappa shape index (κ3) is 3.11. The number of phenolic OH excluding ortho intramolecular Hbond substituents is 1. The van der Waals surface area contributed by atoms with Gasteiger partial charge in [-0.05, 0) is 47.7 Å². The van der Waals surface area contributed by atoms with Gasteiger partial charge < -0.3 is 10.4 Å². The molecule has 21 heavy (non-hydrogen) atoms. The van der Waals surface area contributed by atoms with Gasteiger partial charge in [0.25, 0.3) is 0 Å². The Bertz CT molecular complexity index is 756. The van der Waals surface area contributed by atoms with Gasteiger partial charge in [0.1, 0.15) is 17.4 Å². The molecule has 2 aromatic carbocycles. The van der Waals surface area contributed by atoms with Crippen molar-refractivity contribution in [2.75, 3.05) is 11.9 Å². The largest absolute Gasteiger partial charge is 0.508 e. The summed E-state index contributed by atoms with van der Waals surface area (Å²) in [5.74, 6) is 0.737. The lowest BCUT2D eigenvalue weighted by Gasteiger charge is -2.09. The van der Waals surface area contributed by atoms with Crippen molar-refractivity contribution in [1.29, 1.82) is 0 Å². The van der Waals surface area contributed by atoms with Crippen LogP contribution in [0.25, 0.3) is 10.8 Å². The summed E-state index contributed by atoms with van der Waals surface area (Å²) >= 11 is 0. The van der Waals surface area contributed by atoms with E-state index in [1.54, 1.807) is 30.5 Å². The molecule has 106 valence electrons. The summed E-state index contributed by atoms with van der Waals surface area (Å²) < 4.78 is 12.8. The van der Waals surface area contributed by atoms with Gasteiger partial charge in [-0.1, -0.05) is 18.2 Å². The van der Waals surface area contributed by atoms with Crippen molar-refractivity contribution < 1.29 is 9.50 Å². The highest BCUT2D eigenvalue weighted by atomic mass is 19.1. The molecular formula is C17H15FN2O. The normalized spacial score (nSPS) is 10.7. The molecule has 3 aromatic rings. The third-order valence-corrected chi connectivity index (χ3v) is 3.37. The van der Waals surface area contributed by atoms with Crippen molar-refractivity contribution in [2.24, 2.45) is 0 Å². The minimum Gasteiger partial charge on any atom is -0.508 e. The number of phenols is 1. The number of rotatable bonds is 4. The second-order valence-electron chi connectivity index (χ2n) is 4.87. The first-order chi connectivity index (χ1) is 10.2. The predicted octanol–water partition coefficient (Wildman–Crippen LogP) is 3.73. The highest BCUT2D eigenvalue weighted by Gasteiger charge is 2.03. The van der Waals surface area contributed by atoms with Crippen molar-refractivity contribution in [1.82, 2.24) is 4.98 Å². The van der Waals surface area contributed by atoms with Gasteiger partial charge in [-0.25, -0.2) is 9.37 Å². The monoisotopic (exact) mass is 282 g/mol. The Morgan fingerprint density at radius 3 is 2.67 bits per heavy atom. The number of fused-ring (bicyclic) bond motifs is 1. The molecule has 0 saturated heterocycles. The maximum Gasteiger partial charge on any atom is 0.133 e. The second kappa shape index (κ2) is 5.79. The van der Waals surface area contributed by atoms with Crippen LogP contribution < -0.4 is 5.32 Å². The number of pyridine rings is 1. The second-order valence-corrected chi connectivity index (χ2v) is 4.87. The highest BCUT2D eigenvalue weighted by Crippen LogP contribution is 2.24. The van der Waals surface area contributed by atoms with Gasteiger partial charge in [0.15, 0.2) is 0 Å². The van der Waals surface area contributed by atoms with Crippen LogP contribution in [0.5, 0.6) is 5.75 Å². The summed E-state index contributed by atoms with van der Waals surface area (Å²) in [6.07, 6.45) is 2.51. The molecule has 2 N–H and O–H groups in total. The van der Waals surface area contributed by atoms with E-state index < -0.39 is 0 Å². The highest BCUT2D eigenvalue weighted by molar-refractivity contribution is 5.92. The van der Waals surface area contributed by atoms with Gasteiger partial charge in [0.05, 0.1) is 0 Å². The Hall–Kier alpha value is -2.62. The molecule has 3 rings (SSSR count). The van der Waals surface area contributed by atoms with E-state index in [-0.39, 0.29) is 11.6 Å². The average molecular weight is 282 g/mol. The molecule has 0 fully saturated rings. The van der Waals surface area contributed by atoms with Crippen molar-refractivity contribution in [3.8, 4) is 5.75 Å². The Kier molecular flexibility index (Phi) is 3.69. The smallest absolute Gasteiger partial charge is 0.133 e. The molecule has 0 saturated carbocycles. The fraction of sp³-hybridized carbons (Fsp3) is 0.118. The van der Waals surface area contributed by atoms with Crippen LogP contribution >= 0.6 is 0 Å². The van der Waals surface area contributed by atoms with E-state index in [1.807, 2.05) is 12.1 Å². The molecule has 0 amide bonds. The van der Waals surface area contributed by atoms with Gasteiger partial charge in [-0.3, -0.25) is 0 Å². The zero-order valence-corrected chi connectivity index (χ0v) is 11.4. The molecular weight excluding hydrogens is 267 g/mol. The summed E-state index contributed by atoms with van der Waals surface area (Å²) in [6, 6.07) is 13.6. The molecule has 1 aromatic heterocycles. The van der Waals surface area contributed by atoms with Crippen LogP contribution in [-0.4, -0.2) is 16.6 Å². The number of hydrogen-bond acceptors (Lipinski definition) is 3. The van der Waals surface area contributed by atoms with E-state index in [0.717, 1.165) is 28.6 Å². The minimum atomic E-state index is -0.224. The lowest BCUT2D eigenvalue weighted by Crippen LogP contribution is -2.06. The molecule has 0 spiro atoms. The molecule has 0 aliphatic heterocycles. The number of halogens is 1. The Morgan fingerprint density at radius 1 is 1.05 bits per heavy atom. The maximum absolute atomic E-state index is 12.8. The van der Waals surface area contributed by atoms with Gasteiger partial charge >= 0.3 is 0 Å². The third-order valence-electron chi connectivity index (χ3n) is 3.37. The van der Waals surface area contributed by atoms with Crippen LogP contribution in [0, 0.1) is 5.82 Å². The van der Waals surface area contributed by atoms with Gasteiger partial charge in [0.2, 0.25) is 0 Å². The van der Waals surface area contributed by atoms with Crippen LogP contribution in [-0.2, 0) is 6.42 Å². The fourth-order valence-corrected chi connectivity index (χ4v) is 2.27. The molecule has 3 nitrogen and oxygen atoms in total. The molecule has 0 radical (unpaired) electrons. The van der Waals surface area contributed by atoms with Crippen molar-refractivity contribution in [3.63, 3.8) is 0 Å². The number of nitrogens with zero attached hydrogens (tertiary/aromatic N) is 1. The van der Waals surface area contributed by atoms with Gasteiger partial charge in [-0.2, -0.15) is 0 Å². The average Bonchev–Trinajstić information content (AvgIpc) is 2.50. The lowest BCUT2D eigenvalue weighted by atomic mass is 10.1. The van der Waals surface area contributed by atoms with Crippen LogP contribution in [0.2, 0.25) is 0 Å². The van der Waals surface area contributed by atoms with E-state index in [9.17, 15) is 9.50 Å². The minimum absolute atomic E-state index is 0.220. The standard InChI is InChI=1S/C17H15FN2O/c18-14-4-1-12(2-5-14)7-9-19-17-16-11-15(21)6-3-13(16)8-10-20-17/h1-6,8,10-11,21H,7,9H2,(H,19,20). The number of aromatic nitrogens is 1. The molecule has 1 heterocycles. The van der Waals surface area contributed by atoms with E-state index >= 15 is 0 Å². The maximum atomic E-state index is 12.8. The number of anilines is 1. The fourth-order valence-electron chi connectivity index (χ4n) is 2.27. The Morgan fingerprint density at radius 2 is 1.86 bits per heavy atom. The molecule has 0 aliphatic rings. The molecule has 0 unspecified atom stereocenters. The van der Waals surface area contributed by atoms with Crippen molar-refractivity contribution >= 4 is 16.6 Å². The molecule has 0 atom stereocenters. The topological polar surface area (TPSA) is 45.2 Å². The predicted molar refractivity (Wildman–Crippen MR) is 82.0 cm³/mol. The lowest BCUT2D eigenvalue weighted by molar-refractivity contribution is 0.476. The first-order valence-electron chi connectivity index (χ1n) is 6.78. The molecule has 0 aliphatic carbocycles. The summed E-state index contributed by atoms with van der Waals surface area (Å²) in [7, 11) is 0. The van der Waals surface area contributed by atoms with Crippen LogP contribution in [0.4, 0.5) is 10.2 Å². The number of hydrogen-bond donors (Lipinski definition) is 2. The summed E-state index contributed by atoms with van der Waals surface area (Å²) in [5, 5.41) is 14.8. The number of nitrogens with one attached hydrogen (secondary N) is 1. The van der Waals surface area contributed by atoms with E-state index in [0.29, 0.717) is 6.54 Å². The quantitative estimate of drug-likeness (QED) is 0.766. The molecule has 0 bridgehead atoms. The van der Waals surface area contributed by atoms with E-state index in [1.165, 1.54) is 12.1 Å². The van der Waals surface area contributed by atoms with Crippen molar-refractivity contribution in [3.05, 3.63) is 66.1 Å². The summed E-state index contributed by atoms with van der Waals surface area (Å²) in [5.41, 5.74) is 1.06. The Balaban J connectivity index is 1.73. The van der Waals surface area contributed by atoms with Gasteiger partial charge in [-0.15, -0.1) is 0 Å². The van der Waals surface area contributed by atoms with Gasteiger partial charge in [0, 0.05) is 18.1 Å². The summed E-state index contributed by atoms with van der Waals surface area (Å²) in [4.78, 5) is 4.31. The van der Waals surface area contributed by atoms with Crippen molar-refractivity contribution in [2.45, 2.75) is 6.42 Å². The number of benzene rings is 2.